The molecule has 3 heteroatoms. The molecule has 232 valence electrons. The summed E-state index contributed by atoms with van der Waals surface area (Å²) in [5.41, 5.74) is 0. The van der Waals surface area contributed by atoms with Crippen LogP contribution in [0.5, 0.6) is 0 Å². The Morgan fingerprint density at radius 2 is 0.564 bits per heavy atom. The normalized spacial score (nSPS) is 11.5. The summed E-state index contributed by atoms with van der Waals surface area (Å²) < 4.78 is 5.01. The first-order chi connectivity index (χ1) is 18.9. The first-order valence-electron chi connectivity index (χ1n) is 17.6. The predicted octanol–water partition coefficient (Wildman–Crippen LogP) is 12.3. The Morgan fingerprint density at radius 1 is 0.359 bits per heavy atom. The van der Waals surface area contributed by atoms with Gasteiger partial charge in [-0.1, -0.05) is 182 Å². The van der Waals surface area contributed by atoms with Gasteiger partial charge >= 0.3 is 11.9 Å². The van der Waals surface area contributed by atoms with Crippen molar-refractivity contribution in [3.05, 3.63) is 0 Å². The summed E-state index contributed by atoms with van der Waals surface area (Å²) in [6.45, 7) is 9.26. The molecule has 0 fully saturated rings. The van der Waals surface area contributed by atoms with Gasteiger partial charge in [-0.15, -0.1) is 0 Å². The molecule has 0 aliphatic heterocycles. The van der Waals surface area contributed by atoms with Gasteiger partial charge in [0, 0.05) is 12.8 Å². The Kier molecular flexibility index (Phi) is 29.4. The summed E-state index contributed by atoms with van der Waals surface area (Å²) in [4.78, 5) is 23.8. The molecule has 3 nitrogen and oxygen atoms in total. The molecule has 0 aromatic rings. The van der Waals surface area contributed by atoms with Crippen molar-refractivity contribution in [2.24, 2.45) is 11.8 Å². The van der Waals surface area contributed by atoms with E-state index in [0.717, 1.165) is 37.5 Å². The number of unbranched alkanes of at least 4 members (excludes halogenated alkanes) is 22. The maximum Gasteiger partial charge on any atom is 0.313 e. The minimum absolute atomic E-state index is 0.326. The zero-order chi connectivity index (χ0) is 28.8. The van der Waals surface area contributed by atoms with Gasteiger partial charge in [-0.25, -0.2) is 0 Å². The number of rotatable bonds is 30. The van der Waals surface area contributed by atoms with Crippen molar-refractivity contribution in [1.82, 2.24) is 0 Å². The molecule has 39 heavy (non-hydrogen) atoms. The molecule has 0 aromatic heterocycles. The second-order valence-corrected chi connectivity index (χ2v) is 13.2. The third-order valence-corrected chi connectivity index (χ3v) is 8.05. The highest BCUT2D eigenvalue weighted by atomic mass is 16.6. The highest BCUT2D eigenvalue weighted by Crippen LogP contribution is 2.16. The van der Waals surface area contributed by atoms with Crippen LogP contribution in [-0.2, 0) is 14.3 Å². The summed E-state index contributed by atoms with van der Waals surface area (Å²) in [6.07, 6.45) is 34.4. The molecule has 0 bridgehead atoms. The summed E-state index contributed by atoms with van der Waals surface area (Å²) in [7, 11) is 0. The van der Waals surface area contributed by atoms with Crippen LogP contribution in [-0.4, -0.2) is 11.9 Å². The van der Waals surface area contributed by atoms with Crippen LogP contribution >= 0.6 is 0 Å². The van der Waals surface area contributed by atoms with E-state index in [9.17, 15) is 9.59 Å². The van der Waals surface area contributed by atoms with E-state index in [1.165, 1.54) is 141 Å². The molecule has 0 aromatic carbocycles. The number of esters is 2. The van der Waals surface area contributed by atoms with Crippen LogP contribution < -0.4 is 0 Å². The Labute approximate surface area is 245 Å². The molecule has 0 saturated heterocycles. The van der Waals surface area contributed by atoms with Gasteiger partial charge in [0.1, 0.15) is 0 Å². The summed E-state index contributed by atoms with van der Waals surface area (Å²) in [5, 5.41) is 0. The molecule has 0 N–H and O–H groups in total. The van der Waals surface area contributed by atoms with Gasteiger partial charge in [0.15, 0.2) is 0 Å². The van der Waals surface area contributed by atoms with E-state index in [0.29, 0.717) is 12.8 Å². The monoisotopic (exact) mass is 551 g/mol. The summed E-state index contributed by atoms with van der Waals surface area (Å²) >= 11 is 0. The first-order valence-corrected chi connectivity index (χ1v) is 17.6. The van der Waals surface area contributed by atoms with Gasteiger partial charge in [0.05, 0.1) is 0 Å². The Bertz CT molecular complexity index is 479. The second-order valence-electron chi connectivity index (χ2n) is 13.2. The predicted molar refractivity (Wildman–Crippen MR) is 170 cm³/mol. The largest absolute Gasteiger partial charge is 0.393 e. The van der Waals surface area contributed by atoms with Gasteiger partial charge in [0.25, 0.3) is 0 Å². The van der Waals surface area contributed by atoms with Crippen molar-refractivity contribution in [3.8, 4) is 0 Å². The molecule has 0 unspecified atom stereocenters. The topological polar surface area (TPSA) is 43.4 Å². The van der Waals surface area contributed by atoms with Crippen LogP contribution in [0.2, 0.25) is 0 Å². The maximum atomic E-state index is 11.9. The number of carbonyl (C=O) groups is 2. The second kappa shape index (κ2) is 30.1. The van der Waals surface area contributed by atoms with E-state index in [2.05, 4.69) is 27.7 Å². The lowest BCUT2D eigenvalue weighted by Crippen LogP contribution is -2.11. The van der Waals surface area contributed by atoms with Crippen LogP contribution in [0.1, 0.15) is 207 Å². The van der Waals surface area contributed by atoms with Gasteiger partial charge in [-0.3, -0.25) is 9.59 Å². The maximum absolute atomic E-state index is 11.9. The minimum Gasteiger partial charge on any atom is -0.393 e. The van der Waals surface area contributed by atoms with E-state index in [4.69, 9.17) is 4.74 Å². The molecule has 0 amide bonds. The zero-order valence-electron chi connectivity index (χ0n) is 27.2. The van der Waals surface area contributed by atoms with Crippen LogP contribution in [0.25, 0.3) is 0 Å². The standard InChI is InChI=1S/C36H70O3/c1-33(2)29-25-21-17-13-9-5-7-11-15-19-23-27-31-35(37)39-36(38)32-28-24-20-16-12-8-6-10-14-18-22-26-30-34(3)4/h33-34H,5-32H2,1-4H3. The lowest BCUT2D eigenvalue weighted by Gasteiger charge is -2.05. The van der Waals surface area contributed by atoms with Crippen molar-refractivity contribution in [2.75, 3.05) is 0 Å². The number of hydrogen-bond donors (Lipinski definition) is 0. The molecule has 0 heterocycles. The zero-order valence-corrected chi connectivity index (χ0v) is 27.2. The highest BCUT2D eigenvalue weighted by molar-refractivity contribution is 5.85. The third kappa shape index (κ3) is 33.2. The molecule has 0 spiro atoms. The molecular weight excluding hydrogens is 480 g/mol. The Morgan fingerprint density at radius 3 is 0.795 bits per heavy atom. The Hall–Kier alpha value is -0.860. The number of hydrogen-bond acceptors (Lipinski definition) is 3. The average molecular weight is 551 g/mol. The van der Waals surface area contributed by atoms with Gasteiger partial charge in [-0.2, -0.15) is 0 Å². The molecule has 0 aliphatic rings. The average Bonchev–Trinajstić information content (AvgIpc) is 2.88. The van der Waals surface area contributed by atoms with Gasteiger partial charge in [-0.05, 0) is 24.7 Å². The number of carbonyl (C=O) groups excluding carboxylic acids is 2. The van der Waals surface area contributed by atoms with Crippen molar-refractivity contribution in [2.45, 2.75) is 207 Å². The van der Waals surface area contributed by atoms with Crippen molar-refractivity contribution in [3.63, 3.8) is 0 Å². The molecule has 0 saturated carbocycles. The lowest BCUT2D eigenvalue weighted by atomic mass is 10.0. The summed E-state index contributed by atoms with van der Waals surface area (Å²) in [6, 6.07) is 0. The molecule has 0 radical (unpaired) electrons. The number of ether oxygens (including phenoxy) is 1. The fraction of sp³-hybridized carbons (Fsp3) is 0.944. The smallest absolute Gasteiger partial charge is 0.313 e. The van der Waals surface area contributed by atoms with E-state index in [-0.39, 0.29) is 11.9 Å². The van der Waals surface area contributed by atoms with Crippen molar-refractivity contribution < 1.29 is 14.3 Å². The fourth-order valence-electron chi connectivity index (χ4n) is 5.41. The van der Waals surface area contributed by atoms with Gasteiger partial charge < -0.3 is 4.74 Å². The van der Waals surface area contributed by atoms with Crippen LogP contribution in [0.15, 0.2) is 0 Å². The molecule has 0 aliphatic carbocycles. The fourth-order valence-corrected chi connectivity index (χ4v) is 5.41. The van der Waals surface area contributed by atoms with Crippen LogP contribution in [0.4, 0.5) is 0 Å². The van der Waals surface area contributed by atoms with E-state index in [1.807, 2.05) is 0 Å². The van der Waals surface area contributed by atoms with E-state index in [1.54, 1.807) is 0 Å². The van der Waals surface area contributed by atoms with Crippen molar-refractivity contribution >= 4 is 11.9 Å². The SMILES string of the molecule is CC(C)CCCCCCCCCCCCCCC(=O)OC(=O)CCCCCCCCCCCCCCC(C)C. The minimum atomic E-state index is -0.326. The third-order valence-electron chi connectivity index (χ3n) is 8.05. The van der Waals surface area contributed by atoms with Gasteiger partial charge in [0.2, 0.25) is 0 Å². The summed E-state index contributed by atoms with van der Waals surface area (Å²) in [5.74, 6) is 1.05. The quantitative estimate of drug-likeness (QED) is 0.0507. The molecule has 0 atom stereocenters. The van der Waals surface area contributed by atoms with Crippen LogP contribution in [0, 0.1) is 11.8 Å². The first kappa shape index (κ1) is 38.1. The van der Waals surface area contributed by atoms with Crippen LogP contribution in [0.3, 0.4) is 0 Å². The van der Waals surface area contributed by atoms with E-state index < -0.39 is 0 Å². The highest BCUT2D eigenvalue weighted by Gasteiger charge is 2.10. The lowest BCUT2D eigenvalue weighted by molar-refractivity contribution is -0.159. The van der Waals surface area contributed by atoms with E-state index >= 15 is 0 Å². The van der Waals surface area contributed by atoms with Crippen molar-refractivity contribution in [1.29, 1.82) is 0 Å². The Balaban J connectivity index is 3.30. The molecule has 0 rings (SSSR count). The molecular formula is C36H70O3.